The Bertz CT molecular complexity index is 91.1. The smallest absolute Gasteiger partial charge is 0.0627 e. The molecule has 1 rings (SSSR count). The van der Waals surface area contributed by atoms with Crippen molar-refractivity contribution in [3.8, 4) is 0 Å². The fraction of sp³-hybridized carbons (Fsp3) is 1.00. The summed E-state index contributed by atoms with van der Waals surface area (Å²) in [6.07, 6.45) is 2.20. The second-order valence-corrected chi connectivity index (χ2v) is 3.37. The van der Waals surface area contributed by atoms with Gasteiger partial charge in [0.15, 0.2) is 0 Å². The third-order valence-electron chi connectivity index (χ3n) is 1.81. The third kappa shape index (κ3) is 1.95. The second-order valence-electron chi connectivity index (χ2n) is 3.37. The summed E-state index contributed by atoms with van der Waals surface area (Å²) in [6.45, 7) is 4.95. The lowest BCUT2D eigenvalue weighted by Gasteiger charge is -2.32. The molecule has 1 heterocycles. The van der Waals surface area contributed by atoms with E-state index in [1.54, 1.807) is 0 Å². The van der Waals surface area contributed by atoms with Gasteiger partial charge in [0.1, 0.15) is 0 Å². The normalized spacial score (nSPS) is 34.3. The highest BCUT2D eigenvalue weighted by Crippen LogP contribution is 2.22. The van der Waals surface area contributed by atoms with Gasteiger partial charge in [0.05, 0.1) is 12.2 Å². The van der Waals surface area contributed by atoms with Crippen molar-refractivity contribution >= 4 is 0 Å². The minimum Gasteiger partial charge on any atom is -0.374 e. The van der Waals surface area contributed by atoms with Crippen molar-refractivity contribution in [2.45, 2.75) is 38.3 Å². The van der Waals surface area contributed by atoms with Crippen molar-refractivity contribution in [2.75, 3.05) is 6.61 Å². The molecule has 0 unspecified atom stereocenters. The Labute approximate surface area is 56.4 Å². The minimum absolute atomic E-state index is 0.0792. The van der Waals surface area contributed by atoms with E-state index in [0.29, 0.717) is 0 Å². The van der Waals surface area contributed by atoms with Gasteiger partial charge < -0.3 is 10.5 Å². The molecule has 0 radical (unpaired) electrons. The summed E-state index contributed by atoms with van der Waals surface area (Å²) >= 11 is 0. The monoisotopic (exact) mass is 129 g/mol. The summed E-state index contributed by atoms with van der Waals surface area (Å²) in [7, 11) is 0. The second kappa shape index (κ2) is 2.27. The minimum atomic E-state index is 0.0792. The number of ether oxygens (including phenoxy) is 1. The molecule has 0 aromatic rings. The fourth-order valence-electron chi connectivity index (χ4n) is 1.02. The van der Waals surface area contributed by atoms with E-state index in [1.807, 2.05) is 0 Å². The van der Waals surface area contributed by atoms with Gasteiger partial charge in [-0.15, -0.1) is 0 Å². The van der Waals surface area contributed by atoms with E-state index in [2.05, 4.69) is 13.8 Å². The van der Waals surface area contributed by atoms with Crippen LogP contribution in [-0.4, -0.2) is 18.2 Å². The van der Waals surface area contributed by atoms with Crippen LogP contribution in [0.4, 0.5) is 0 Å². The quantitative estimate of drug-likeness (QED) is 0.527. The van der Waals surface area contributed by atoms with Gasteiger partial charge in [-0.2, -0.15) is 0 Å². The van der Waals surface area contributed by atoms with Crippen LogP contribution in [0.2, 0.25) is 0 Å². The SMILES string of the molecule is CC1(C)CC[C@@H](N)CO1. The first-order valence-electron chi connectivity index (χ1n) is 3.50. The van der Waals surface area contributed by atoms with E-state index in [4.69, 9.17) is 10.5 Å². The molecule has 0 aromatic carbocycles. The Hall–Kier alpha value is -0.0800. The number of rotatable bonds is 0. The molecule has 0 aromatic heterocycles. The van der Waals surface area contributed by atoms with Crippen molar-refractivity contribution in [1.82, 2.24) is 0 Å². The molecule has 1 atom stereocenters. The molecular formula is C7H15NO. The average Bonchev–Trinajstić information content (AvgIpc) is 1.78. The molecule has 0 saturated carbocycles. The number of hydrogen-bond acceptors (Lipinski definition) is 2. The molecular weight excluding hydrogens is 114 g/mol. The van der Waals surface area contributed by atoms with E-state index in [-0.39, 0.29) is 11.6 Å². The van der Waals surface area contributed by atoms with Crippen molar-refractivity contribution in [1.29, 1.82) is 0 Å². The zero-order valence-corrected chi connectivity index (χ0v) is 6.18. The molecule has 0 aliphatic carbocycles. The van der Waals surface area contributed by atoms with Gasteiger partial charge in [0, 0.05) is 6.04 Å². The predicted octanol–water partition coefficient (Wildman–Crippen LogP) is 0.903. The Morgan fingerprint density at radius 1 is 1.56 bits per heavy atom. The summed E-state index contributed by atoms with van der Waals surface area (Å²) in [4.78, 5) is 0. The third-order valence-corrected chi connectivity index (χ3v) is 1.81. The summed E-state index contributed by atoms with van der Waals surface area (Å²) in [5, 5.41) is 0. The first-order chi connectivity index (χ1) is 4.10. The van der Waals surface area contributed by atoms with E-state index in [0.717, 1.165) is 19.4 Å². The molecule has 54 valence electrons. The van der Waals surface area contributed by atoms with Crippen LogP contribution in [0.1, 0.15) is 26.7 Å². The van der Waals surface area contributed by atoms with Crippen LogP contribution in [-0.2, 0) is 4.74 Å². The molecule has 0 spiro atoms. The van der Waals surface area contributed by atoms with Crippen LogP contribution >= 0.6 is 0 Å². The van der Waals surface area contributed by atoms with Gasteiger partial charge >= 0.3 is 0 Å². The van der Waals surface area contributed by atoms with E-state index < -0.39 is 0 Å². The summed E-state index contributed by atoms with van der Waals surface area (Å²) in [5.74, 6) is 0. The average molecular weight is 129 g/mol. The van der Waals surface area contributed by atoms with Crippen molar-refractivity contribution in [2.24, 2.45) is 5.73 Å². The maximum Gasteiger partial charge on any atom is 0.0627 e. The maximum absolute atomic E-state index is 5.63. The Balaban J connectivity index is 2.35. The Kier molecular flexibility index (Phi) is 1.78. The molecule has 1 aliphatic heterocycles. The largest absolute Gasteiger partial charge is 0.374 e. The van der Waals surface area contributed by atoms with Crippen LogP contribution < -0.4 is 5.73 Å². The van der Waals surface area contributed by atoms with Crippen LogP contribution in [0.25, 0.3) is 0 Å². The highest BCUT2D eigenvalue weighted by atomic mass is 16.5. The lowest BCUT2D eigenvalue weighted by Crippen LogP contribution is -2.40. The first kappa shape index (κ1) is 7.03. The topological polar surface area (TPSA) is 35.2 Å². The molecule has 2 nitrogen and oxygen atoms in total. The van der Waals surface area contributed by atoms with Gasteiger partial charge in [0.2, 0.25) is 0 Å². The molecule has 1 fully saturated rings. The molecule has 9 heavy (non-hydrogen) atoms. The summed E-state index contributed by atoms with van der Waals surface area (Å²) < 4.78 is 5.45. The highest BCUT2D eigenvalue weighted by molar-refractivity contribution is 4.78. The Morgan fingerprint density at radius 3 is 2.56 bits per heavy atom. The first-order valence-corrected chi connectivity index (χ1v) is 3.50. The van der Waals surface area contributed by atoms with Gasteiger partial charge in [-0.3, -0.25) is 0 Å². The van der Waals surface area contributed by atoms with Crippen LogP contribution in [0.3, 0.4) is 0 Å². The van der Waals surface area contributed by atoms with Gasteiger partial charge in [0.25, 0.3) is 0 Å². The van der Waals surface area contributed by atoms with E-state index in [1.165, 1.54) is 0 Å². The summed E-state index contributed by atoms with van der Waals surface area (Å²) in [6, 6.07) is 0.276. The standard InChI is InChI=1S/C7H15NO/c1-7(2)4-3-6(8)5-9-7/h6H,3-5,8H2,1-2H3/t6-/m1/s1. The number of nitrogens with two attached hydrogens (primary N) is 1. The molecule has 0 bridgehead atoms. The van der Waals surface area contributed by atoms with Crippen molar-refractivity contribution in [3.05, 3.63) is 0 Å². The van der Waals surface area contributed by atoms with Crippen LogP contribution in [0.5, 0.6) is 0 Å². The van der Waals surface area contributed by atoms with Crippen molar-refractivity contribution < 1.29 is 4.74 Å². The zero-order chi connectivity index (χ0) is 6.91. The Morgan fingerprint density at radius 2 is 2.22 bits per heavy atom. The zero-order valence-electron chi connectivity index (χ0n) is 6.18. The van der Waals surface area contributed by atoms with Crippen molar-refractivity contribution in [3.63, 3.8) is 0 Å². The molecule has 2 heteroatoms. The van der Waals surface area contributed by atoms with Gasteiger partial charge in [-0.25, -0.2) is 0 Å². The molecule has 2 N–H and O–H groups in total. The molecule has 1 aliphatic rings. The van der Waals surface area contributed by atoms with Crippen LogP contribution in [0.15, 0.2) is 0 Å². The van der Waals surface area contributed by atoms with E-state index in [9.17, 15) is 0 Å². The fourth-order valence-corrected chi connectivity index (χ4v) is 1.02. The van der Waals surface area contributed by atoms with Gasteiger partial charge in [-0.05, 0) is 26.7 Å². The van der Waals surface area contributed by atoms with E-state index >= 15 is 0 Å². The van der Waals surface area contributed by atoms with Gasteiger partial charge in [-0.1, -0.05) is 0 Å². The molecule has 0 amide bonds. The maximum atomic E-state index is 5.63. The summed E-state index contributed by atoms with van der Waals surface area (Å²) in [5.41, 5.74) is 5.71. The lowest BCUT2D eigenvalue weighted by molar-refractivity contribution is -0.0594. The molecule has 1 saturated heterocycles. The lowest BCUT2D eigenvalue weighted by atomic mass is 9.96. The predicted molar refractivity (Wildman–Crippen MR) is 37.2 cm³/mol. The number of hydrogen-bond donors (Lipinski definition) is 1. The highest BCUT2D eigenvalue weighted by Gasteiger charge is 2.25. The van der Waals surface area contributed by atoms with Crippen LogP contribution in [0, 0.1) is 0 Å².